The number of aryl methyl sites for hydroxylation is 1. The number of nitrogens with one attached hydrogen (secondary N) is 1. The van der Waals surface area contributed by atoms with E-state index in [1.165, 1.54) is 6.07 Å². The predicted molar refractivity (Wildman–Crippen MR) is 70.1 cm³/mol. The fourth-order valence-electron chi connectivity index (χ4n) is 1.21. The molecule has 0 fully saturated rings. The van der Waals surface area contributed by atoms with Crippen molar-refractivity contribution in [3.05, 3.63) is 16.0 Å². The van der Waals surface area contributed by atoms with Crippen molar-refractivity contribution in [3.8, 4) is 0 Å². The van der Waals surface area contributed by atoms with Gasteiger partial charge in [-0.25, -0.2) is 13.1 Å². The quantitative estimate of drug-likeness (QED) is 0.873. The molecular formula is C10H16ClNO3S2. The number of rotatable bonds is 5. The molecule has 0 radical (unpaired) electrons. The molecule has 7 heteroatoms. The Hall–Kier alpha value is -0.140. The summed E-state index contributed by atoms with van der Waals surface area (Å²) in [6.45, 7) is 5.21. The molecule has 0 aromatic carbocycles. The second-order valence-corrected chi connectivity index (χ2v) is 7.77. The molecule has 0 aliphatic carbocycles. The van der Waals surface area contributed by atoms with Crippen LogP contribution in [0.2, 0.25) is 4.34 Å². The van der Waals surface area contributed by atoms with Crippen LogP contribution in [0.5, 0.6) is 0 Å². The van der Waals surface area contributed by atoms with Crippen LogP contribution >= 0.6 is 22.9 Å². The zero-order valence-electron chi connectivity index (χ0n) is 9.90. The van der Waals surface area contributed by atoms with Gasteiger partial charge in [0.1, 0.15) is 4.21 Å². The zero-order chi connectivity index (χ0) is 13.2. The van der Waals surface area contributed by atoms with E-state index in [9.17, 15) is 8.42 Å². The third-order valence-corrected chi connectivity index (χ3v) is 5.93. The van der Waals surface area contributed by atoms with Gasteiger partial charge in [-0.05, 0) is 24.5 Å². The lowest BCUT2D eigenvalue weighted by Crippen LogP contribution is -2.40. The molecule has 0 spiro atoms. The molecule has 0 bridgehead atoms. The second-order valence-electron chi connectivity index (χ2n) is 4.18. The first-order chi connectivity index (χ1) is 7.77. The highest BCUT2D eigenvalue weighted by Crippen LogP contribution is 2.30. The van der Waals surface area contributed by atoms with Crippen LogP contribution < -0.4 is 4.72 Å². The summed E-state index contributed by atoms with van der Waals surface area (Å²) in [5.74, 6) is 0.0197. The van der Waals surface area contributed by atoms with E-state index < -0.39 is 16.1 Å². The van der Waals surface area contributed by atoms with Crippen LogP contribution in [-0.2, 0) is 10.0 Å². The molecule has 1 atom stereocenters. The molecule has 0 saturated heterocycles. The molecular weight excluding hydrogens is 282 g/mol. The summed E-state index contributed by atoms with van der Waals surface area (Å²) < 4.78 is 27.1. The topological polar surface area (TPSA) is 66.4 Å². The van der Waals surface area contributed by atoms with Gasteiger partial charge in [-0.1, -0.05) is 25.4 Å². The number of sulfonamides is 1. The normalized spacial score (nSPS) is 14.2. The minimum atomic E-state index is -3.59. The second kappa shape index (κ2) is 5.67. The van der Waals surface area contributed by atoms with Gasteiger partial charge < -0.3 is 5.11 Å². The van der Waals surface area contributed by atoms with Gasteiger partial charge in [-0.15, -0.1) is 11.3 Å². The van der Waals surface area contributed by atoms with Crippen LogP contribution in [0.25, 0.3) is 0 Å². The van der Waals surface area contributed by atoms with Crippen molar-refractivity contribution in [2.75, 3.05) is 6.61 Å². The summed E-state index contributed by atoms with van der Waals surface area (Å²) in [5.41, 5.74) is 0.738. The summed E-state index contributed by atoms with van der Waals surface area (Å²) in [6.07, 6.45) is 0. The largest absolute Gasteiger partial charge is 0.395 e. The van der Waals surface area contributed by atoms with E-state index in [1.54, 1.807) is 6.92 Å². The van der Waals surface area contributed by atoms with Crippen LogP contribution in [0.4, 0.5) is 0 Å². The molecule has 2 N–H and O–H groups in total. The van der Waals surface area contributed by atoms with Gasteiger partial charge in [0.25, 0.3) is 0 Å². The molecule has 1 rings (SSSR count). The van der Waals surface area contributed by atoms with Crippen LogP contribution in [0.1, 0.15) is 19.4 Å². The van der Waals surface area contributed by atoms with E-state index in [0.29, 0.717) is 4.34 Å². The lowest BCUT2D eigenvalue weighted by atomic mass is 10.1. The number of hydrogen-bond acceptors (Lipinski definition) is 4. The van der Waals surface area contributed by atoms with E-state index in [2.05, 4.69) is 4.72 Å². The summed E-state index contributed by atoms with van der Waals surface area (Å²) in [6, 6.07) is 1.05. The zero-order valence-corrected chi connectivity index (χ0v) is 12.3. The summed E-state index contributed by atoms with van der Waals surface area (Å²) >= 11 is 6.86. The number of hydrogen-bond donors (Lipinski definition) is 2. The first-order valence-corrected chi connectivity index (χ1v) is 7.84. The molecule has 0 amide bonds. The average Bonchev–Trinajstić information content (AvgIpc) is 2.56. The van der Waals surface area contributed by atoms with Gasteiger partial charge in [0.05, 0.1) is 10.9 Å². The molecule has 1 aromatic heterocycles. The third kappa shape index (κ3) is 3.66. The first kappa shape index (κ1) is 14.9. The third-order valence-electron chi connectivity index (χ3n) is 2.41. The van der Waals surface area contributed by atoms with Gasteiger partial charge in [-0.2, -0.15) is 0 Å². The molecule has 0 saturated carbocycles. The minimum absolute atomic E-state index is 0.0197. The monoisotopic (exact) mass is 297 g/mol. The maximum absolute atomic E-state index is 12.0. The van der Waals surface area contributed by atoms with Crippen LogP contribution in [0, 0.1) is 12.8 Å². The van der Waals surface area contributed by atoms with Crippen LogP contribution in [0.3, 0.4) is 0 Å². The molecule has 0 aliphatic rings. The van der Waals surface area contributed by atoms with Crippen molar-refractivity contribution in [2.24, 2.45) is 5.92 Å². The molecule has 4 nitrogen and oxygen atoms in total. The highest BCUT2D eigenvalue weighted by molar-refractivity contribution is 7.91. The maximum Gasteiger partial charge on any atom is 0.250 e. The number of aliphatic hydroxyl groups is 1. The SMILES string of the molecule is Cc1cc(S(=O)(=O)N[C@H](CO)C(C)C)sc1Cl. The average molecular weight is 298 g/mol. The summed E-state index contributed by atoms with van der Waals surface area (Å²) in [4.78, 5) is 0. The highest BCUT2D eigenvalue weighted by atomic mass is 35.5. The Balaban J connectivity index is 2.96. The molecule has 98 valence electrons. The molecule has 1 aromatic rings. The van der Waals surface area contributed by atoms with E-state index >= 15 is 0 Å². The standard InChI is InChI=1S/C10H16ClNO3S2/c1-6(2)8(5-13)12-17(14,15)9-4-7(3)10(11)16-9/h4,6,8,12-13H,5H2,1-3H3/t8-/m1/s1. The molecule has 0 unspecified atom stereocenters. The van der Waals surface area contributed by atoms with Gasteiger partial charge in [-0.3, -0.25) is 0 Å². The highest BCUT2D eigenvalue weighted by Gasteiger charge is 2.24. The Morgan fingerprint density at radius 2 is 2.12 bits per heavy atom. The number of thiophene rings is 1. The maximum atomic E-state index is 12.0. The minimum Gasteiger partial charge on any atom is -0.395 e. The van der Waals surface area contributed by atoms with E-state index in [4.69, 9.17) is 16.7 Å². The van der Waals surface area contributed by atoms with Crippen molar-refractivity contribution >= 4 is 33.0 Å². The first-order valence-electron chi connectivity index (χ1n) is 5.17. The van der Waals surface area contributed by atoms with Crippen molar-refractivity contribution in [2.45, 2.75) is 31.0 Å². The summed E-state index contributed by atoms with van der Waals surface area (Å²) in [7, 11) is -3.59. The van der Waals surface area contributed by atoms with Gasteiger partial charge in [0.2, 0.25) is 10.0 Å². The summed E-state index contributed by atoms with van der Waals surface area (Å²) in [5, 5.41) is 9.12. The van der Waals surface area contributed by atoms with Gasteiger partial charge in [0.15, 0.2) is 0 Å². The number of aliphatic hydroxyl groups excluding tert-OH is 1. The van der Waals surface area contributed by atoms with Gasteiger partial charge in [0, 0.05) is 6.04 Å². The van der Waals surface area contributed by atoms with Gasteiger partial charge >= 0.3 is 0 Å². The van der Waals surface area contributed by atoms with Crippen molar-refractivity contribution in [1.82, 2.24) is 4.72 Å². The lowest BCUT2D eigenvalue weighted by molar-refractivity contribution is 0.228. The Morgan fingerprint density at radius 1 is 1.53 bits per heavy atom. The molecule has 1 heterocycles. The van der Waals surface area contributed by atoms with E-state index in [-0.39, 0.29) is 16.7 Å². The van der Waals surface area contributed by atoms with Crippen LogP contribution in [0.15, 0.2) is 10.3 Å². The predicted octanol–water partition coefficient (Wildman–Crippen LogP) is 2.01. The van der Waals surface area contributed by atoms with Crippen LogP contribution in [-0.4, -0.2) is 26.2 Å². The molecule has 0 aliphatic heterocycles. The van der Waals surface area contributed by atoms with Crippen molar-refractivity contribution < 1.29 is 13.5 Å². The van der Waals surface area contributed by atoms with E-state index in [0.717, 1.165) is 16.9 Å². The number of halogens is 1. The molecule has 17 heavy (non-hydrogen) atoms. The Bertz CT molecular complexity index is 462. The Morgan fingerprint density at radius 3 is 2.47 bits per heavy atom. The van der Waals surface area contributed by atoms with Crippen molar-refractivity contribution in [3.63, 3.8) is 0 Å². The Labute approximate surface area is 111 Å². The fraction of sp³-hybridized carbons (Fsp3) is 0.600. The fourth-order valence-corrected chi connectivity index (χ4v) is 4.31. The lowest BCUT2D eigenvalue weighted by Gasteiger charge is -2.19. The van der Waals surface area contributed by atoms with Crippen molar-refractivity contribution in [1.29, 1.82) is 0 Å². The Kier molecular flexibility index (Phi) is 4.97. The van der Waals surface area contributed by atoms with E-state index in [1.807, 2.05) is 13.8 Å². The smallest absolute Gasteiger partial charge is 0.250 e.